The van der Waals surface area contributed by atoms with Gasteiger partial charge in [-0.3, -0.25) is 14.5 Å². The number of hydrogen-bond acceptors (Lipinski definition) is 3. The van der Waals surface area contributed by atoms with Crippen LogP contribution in [0.15, 0.2) is 36.4 Å². The lowest BCUT2D eigenvalue weighted by molar-refractivity contribution is -0.131. The van der Waals surface area contributed by atoms with E-state index in [9.17, 15) is 14.4 Å². The number of fused-ring (bicyclic) bond motifs is 1. The molecule has 5 rings (SSSR count). The molecule has 6 nitrogen and oxygen atoms in total. The van der Waals surface area contributed by atoms with Crippen molar-refractivity contribution < 1.29 is 18.8 Å². The van der Waals surface area contributed by atoms with E-state index in [4.69, 9.17) is 0 Å². The summed E-state index contributed by atoms with van der Waals surface area (Å²) < 4.78 is 15.0. The summed E-state index contributed by atoms with van der Waals surface area (Å²) in [6, 6.07) is 10.3. The van der Waals surface area contributed by atoms with Crippen LogP contribution in [0.1, 0.15) is 48.2 Å². The van der Waals surface area contributed by atoms with Gasteiger partial charge in [0.2, 0.25) is 0 Å². The van der Waals surface area contributed by atoms with E-state index < -0.39 is 11.4 Å². The molecule has 1 aliphatic carbocycles. The maximum atomic E-state index is 15.0. The fourth-order valence-corrected chi connectivity index (χ4v) is 4.56. The number of halogens is 1. The molecule has 0 N–H and O–H groups in total. The van der Waals surface area contributed by atoms with Gasteiger partial charge in [0.15, 0.2) is 0 Å². The predicted molar refractivity (Wildman–Crippen MR) is 113 cm³/mol. The Kier molecular flexibility index (Phi) is 4.22. The standard InChI is InChI=1S/C24H24FN3O3/c1-24(2)22(30)26(3)23(31)28(24)12-14-4-8-18(20(25)10-14)15-5-9-19-16(11-15)13-27(21(19)29)17-6-7-17/h4-5,8-11,17H,6-7,12-13H2,1-3H3. The molecule has 0 aromatic heterocycles. The van der Waals surface area contributed by atoms with Gasteiger partial charge in [0.1, 0.15) is 11.4 Å². The van der Waals surface area contributed by atoms with Gasteiger partial charge in [0.25, 0.3) is 11.8 Å². The monoisotopic (exact) mass is 421 g/mol. The van der Waals surface area contributed by atoms with Crippen LogP contribution in [0.3, 0.4) is 0 Å². The van der Waals surface area contributed by atoms with E-state index >= 15 is 4.39 Å². The van der Waals surface area contributed by atoms with E-state index in [0.29, 0.717) is 29.3 Å². The van der Waals surface area contributed by atoms with Gasteiger partial charge in [0, 0.05) is 37.3 Å². The molecular formula is C24H24FN3O3. The fraction of sp³-hybridized carbons (Fsp3) is 0.375. The van der Waals surface area contributed by atoms with Gasteiger partial charge in [0.05, 0.1) is 0 Å². The molecule has 1 saturated carbocycles. The maximum absolute atomic E-state index is 15.0. The molecule has 0 unspecified atom stereocenters. The molecule has 2 heterocycles. The average Bonchev–Trinajstić information content (AvgIpc) is 3.51. The van der Waals surface area contributed by atoms with Crippen molar-refractivity contribution in [3.05, 3.63) is 58.9 Å². The predicted octanol–water partition coefficient (Wildman–Crippen LogP) is 3.78. The van der Waals surface area contributed by atoms with E-state index in [1.165, 1.54) is 18.0 Å². The Balaban J connectivity index is 1.40. The smallest absolute Gasteiger partial charge is 0.327 e. The Labute approximate surface area is 180 Å². The summed E-state index contributed by atoms with van der Waals surface area (Å²) in [6.07, 6.45) is 2.11. The number of urea groups is 1. The third-order valence-electron chi connectivity index (χ3n) is 6.63. The van der Waals surface area contributed by atoms with Gasteiger partial charge >= 0.3 is 6.03 Å². The van der Waals surface area contributed by atoms with Gasteiger partial charge in [-0.05, 0) is 61.6 Å². The van der Waals surface area contributed by atoms with E-state index in [1.54, 1.807) is 38.1 Å². The van der Waals surface area contributed by atoms with Crippen LogP contribution < -0.4 is 0 Å². The first-order chi connectivity index (χ1) is 14.7. The van der Waals surface area contributed by atoms with Crippen LogP contribution in [0.4, 0.5) is 9.18 Å². The highest BCUT2D eigenvalue weighted by atomic mass is 19.1. The van der Waals surface area contributed by atoms with Crippen molar-refractivity contribution >= 4 is 17.8 Å². The van der Waals surface area contributed by atoms with E-state index in [0.717, 1.165) is 28.9 Å². The molecule has 160 valence electrons. The zero-order chi connectivity index (χ0) is 22.1. The number of nitrogens with zero attached hydrogens (tertiary/aromatic N) is 3. The number of rotatable bonds is 4. The van der Waals surface area contributed by atoms with Crippen molar-refractivity contribution in [3.8, 4) is 11.1 Å². The second kappa shape index (κ2) is 6.64. The summed E-state index contributed by atoms with van der Waals surface area (Å²) in [7, 11) is 1.46. The maximum Gasteiger partial charge on any atom is 0.327 e. The average molecular weight is 421 g/mol. The minimum absolute atomic E-state index is 0.0669. The van der Waals surface area contributed by atoms with E-state index in [-0.39, 0.29) is 24.4 Å². The Morgan fingerprint density at radius 2 is 1.74 bits per heavy atom. The van der Waals surface area contributed by atoms with Crippen molar-refractivity contribution in [2.75, 3.05) is 7.05 Å². The molecule has 0 spiro atoms. The molecule has 1 saturated heterocycles. The summed E-state index contributed by atoms with van der Waals surface area (Å²) in [6.45, 7) is 4.12. The summed E-state index contributed by atoms with van der Waals surface area (Å²) in [5, 5.41) is 0. The van der Waals surface area contributed by atoms with Crippen molar-refractivity contribution in [2.45, 2.75) is 51.4 Å². The molecule has 3 aliphatic rings. The molecule has 31 heavy (non-hydrogen) atoms. The first kappa shape index (κ1) is 19.7. The summed E-state index contributed by atoms with van der Waals surface area (Å²) >= 11 is 0. The van der Waals surface area contributed by atoms with Crippen LogP contribution >= 0.6 is 0 Å². The number of imide groups is 1. The summed E-state index contributed by atoms with van der Waals surface area (Å²) in [4.78, 5) is 41.7. The molecule has 7 heteroatoms. The van der Waals surface area contributed by atoms with E-state index in [1.807, 2.05) is 11.0 Å². The van der Waals surface area contributed by atoms with Gasteiger partial charge in [-0.2, -0.15) is 0 Å². The number of likely N-dealkylation sites (N-methyl/N-ethyl adjacent to an activating group) is 1. The Morgan fingerprint density at radius 1 is 1.03 bits per heavy atom. The first-order valence-corrected chi connectivity index (χ1v) is 10.5. The third kappa shape index (κ3) is 3.02. The number of amides is 4. The molecule has 4 amide bonds. The lowest BCUT2D eigenvalue weighted by atomic mass is 9.98. The second-order valence-electron chi connectivity index (χ2n) is 9.14. The zero-order valence-electron chi connectivity index (χ0n) is 17.8. The number of hydrogen-bond donors (Lipinski definition) is 0. The van der Waals surface area contributed by atoms with Crippen LogP contribution in [0.25, 0.3) is 11.1 Å². The van der Waals surface area contributed by atoms with E-state index in [2.05, 4.69) is 0 Å². The van der Waals surface area contributed by atoms with Crippen LogP contribution in [-0.4, -0.2) is 51.2 Å². The third-order valence-corrected chi connectivity index (χ3v) is 6.63. The minimum Gasteiger partial charge on any atom is -0.331 e. The highest BCUT2D eigenvalue weighted by molar-refractivity contribution is 6.06. The van der Waals surface area contributed by atoms with Gasteiger partial charge < -0.3 is 9.80 Å². The highest BCUT2D eigenvalue weighted by Gasteiger charge is 2.49. The minimum atomic E-state index is -0.971. The molecule has 2 aliphatic heterocycles. The summed E-state index contributed by atoms with van der Waals surface area (Å²) in [5.41, 5.74) is 2.45. The lowest BCUT2D eigenvalue weighted by Gasteiger charge is -2.28. The van der Waals surface area contributed by atoms with Crippen molar-refractivity contribution in [2.24, 2.45) is 0 Å². The van der Waals surface area contributed by atoms with Crippen molar-refractivity contribution in [3.63, 3.8) is 0 Å². The van der Waals surface area contributed by atoms with Crippen molar-refractivity contribution in [1.29, 1.82) is 0 Å². The fourth-order valence-electron chi connectivity index (χ4n) is 4.56. The molecular weight excluding hydrogens is 397 g/mol. The second-order valence-corrected chi connectivity index (χ2v) is 9.14. The van der Waals surface area contributed by atoms with Crippen LogP contribution in [0.5, 0.6) is 0 Å². The molecule has 0 bridgehead atoms. The van der Waals surface area contributed by atoms with Crippen molar-refractivity contribution in [1.82, 2.24) is 14.7 Å². The first-order valence-electron chi connectivity index (χ1n) is 10.5. The Hall–Kier alpha value is -3.22. The molecule has 2 aromatic rings. The van der Waals surface area contributed by atoms with Gasteiger partial charge in [-0.1, -0.05) is 18.2 Å². The number of carbonyl (C=O) groups excluding carboxylic acids is 3. The number of carbonyl (C=O) groups is 3. The zero-order valence-corrected chi connectivity index (χ0v) is 17.8. The number of benzene rings is 2. The quantitative estimate of drug-likeness (QED) is 0.706. The summed E-state index contributed by atoms with van der Waals surface area (Å²) in [5.74, 6) is -0.607. The topological polar surface area (TPSA) is 60.9 Å². The van der Waals surface area contributed by atoms with Crippen LogP contribution in [0.2, 0.25) is 0 Å². The van der Waals surface area contributed by atoms with Crippen LogP contribution in [0, 0.1) is 5.82 Å². The largest absolute Gasteiger partial charge is 0.331 e. The SMILES string of the molecule is CN1C(=O)N(Cc2ccc(-c3ccc4c(c3)CN(C3CC3)C4=O)c(F)c2)C(C)(C)C1=O. The van der Waals surface area contributed by atoms with Crippen LogP contribution in [-0.2, 0) is 17.9 Å². The van der Waals surface area contributed by atoms with Gasteiger partial charge in [-0.25, -0.2) is 9.18 Å². The molecule has 0 radical (unpaired) electrons. The molecule has 2 fully saturated rings. The Morgan fingerprint density at radius 3 is 2.35 bits per heavy atom. The Bertz CT molecular complexity index is 1140. The highest BCUT2D eigenvalue weighted by Crippen LogP contribution is 2.37. The lowest BCUT2D eigenvalue weighted by Crippen LogP contribution is -2.43. The molecule has 2 aromatic carbocycles. The molecule has 0 atom stereocenters. The van der Waals surface area contributed by atoms with Gasteiger partial charge in [-0.15, -0.1) is 0 Å². The normalized spacial score (nSPS) is 20.1.